The van der Waals surface area contributed by atoms with Crippen molar-refractivity contribution in [3.63, 3.8) is 0 Å². The number of nitrogens with one attached hydrogen (secondary N) is 1. The van der Waals surface area contributed by atoms with E-state index in [0.717, 1.165) is 53.8 Å². The van der Waals surface area contributed by atoms with Gasteiger partial charge in [0.25, 0.3) is 0 Å². The van der Waals surface area contributed by atoms with E-state index in [9.17, 15) is 10.1 Å². The van der Waals surface area contributed by atoms with Gasteiger partial charge in [-0.15, -0.1) is 0 Å². The average Bonchev–Trinajstić information content (AvgIpc) is 3.12. The highest BCUT2D eigenvalue weighted by molar-refractivity contribution is 6.33. The molecule has 3 heteroatoms. The Morgan fingerprint density at radius 2 is 1.93 bits per heavy atom. The van der Waals surface area contributed by atoms with Crippen molar-refractivity contribution in [1.29, 1.82) is 5.26 Å². The lowest BCUT2D eigenvalue weighted by Crippen LogP contribution is -2.30. The van der Waals surface area contributed by atoms with Crippen LogP contribution in [-0.2, 0) is 11.8 Å². The quantitative estimate of drug-likeness (QED) is 0.813. The number of benzene rings is 2. The Kier molecular flexibility index (Phi) is 3.69. The normalized spacial score (nSPS) is 19.5. The van der Waals surface area contributed by atoms with Gasteiger partial charge in [-0.2, -0.15) is 5.26 Å². The number of carbonyl (C=O) groups excluding carboxylic acids is 1. The van der Waals surface area contributed by atoms with E-state index in [1.165, 1.54) is 16.7 Å². The molecule has 0 fully saturated rings. The third kappa shape index (κ3) is 2.35. The highest BCUT2D eigenvalue weighted by atomic mass is 16.1. The lowest BCUT2D eigenvalue weighted by atomic mass is 9.68. The Hall–Kier alpha value is -2.96. The summed E-state index contributed by atoms with van der Waals surface area (Å²) in [5.74, 6) is 0.124. The van der Waals surface area contributed by atoms with Crippen LogP contribution in [0.4, 0.5) is 0 Å². The van der Waals surface area contributed by atoms with Crippen molar-refractivity contribution >= 4 is 16.9 Å². The number of Topliss-reactive ketones (excluding diaryl/α,β-unsaturated/α-hetero) is 1. The maximum atomic E-state index is 13.4. The van der Waals surface area contributed by atoms with E-state index in [2.05, 4.69) is 43.4 Å². The Morgan fingerprint density at radius 3 is 2.68 bits per heavy atom. The summed E-state index contributed by atoms with van der Waals surface area (Å²) in [6.07, 6.45) is 4.01. The fourth-order valence-electron chi connectivity index (χ4n) is 4.93. The lowest BCUT2D eigenvalue weighted by Gasteiger charge is -2.35. The van der Waals surface area contributed by atoms with E-state index >= 15 is 0 Å². The molecular weight excluding hydrogens is 344 g/mol. The summed E-state index contributed by atoms with van der Waals surface area (Å²) in [6, 6.07) is 14.3. The predicted molar refractivity (Wildman–Crippen MR) is 111 cm³/mol. The second-order valence-electron chi connectivity index (χ2n) is 8.41. The molecule has 1 aliphatic heterocycles. The molecule has 0 saturated carbocycles. The number of hydrogen-bond acceptors (Lipinski definition) is 3. The zero-order valence-electron chi connectivity index (χ0n) is 16.2. The van der Waals surface area contributed by atoms with Crippen LogP contribution in [0.15, 0.2) is 48.0 Å². The van der Waals surface area contributed by atoms with Gasteiger partial charge in [0.15, 0.2) is 5.78 Å². The molecular formula is C25H22N2O. The first-order valence-electron chi connectivity index (χ1n) is 9.87. The van der Waals surface area contributed by atoms with Gasteiger partial charge in [-0.1, -0.05) is 38.1 Å². The zero-order chi connectivity index (χ0) is 19.5. The van der Waals surface area contributed by atoms with Crippen molar-refractivity contribution in [2.45, 2.75) is 32.1 Å². The van der Waals surface area contributed by atoms with Crippen molar-refractivity contribution in [2.24, 2.45) is 0 Å². The van der Waals surface area contributed by atoms with Gasteiger partial charge < -0.3 is 5.32 Å². The standard InChI is InChI=1S/C25H22N2O/c1-25(2)21-12-17(16-7-9-27-10-8-16)4-6-20(21)24(28)23-19-5-3-15(14-26)11-18(19)13-22(23)25/h3-7,11-12,27H,8-10,13H2,1-2H3. The summed E-state index contributed by atoms with van der Waals surface area (Å²) in [5.41, 5.74) is 9.11. The Labute approximate surface area is 165 Å². The SMILES string of the molecule is CC1(C)C2=C(C(=O)c3ccc(C4=CCNCC4)cc31)c1ccc(C#N)cc1C2. The van der Waals surface area contributed by atoms with Gasteiger partial charge >= 0.3 is 0 Å². The third-order valence-corrected chi connectivity index (χ3v) is 6.53. The maximum absolute atomic E-state index is 13.4. The van der Waals surface area contributed by atoms with E-state index in [-0.39, 0.29) is 11.2 Å². The molecule has 0 aromatic heterocycles. The summed E-state index contributed by atoms with van der Waals surface area (Å²) < 4.78 is 0. The molecule has 2 aromatic rings. The molecule has 5 rings (SSSR count). The largest absolute Gasteiger partial charge is 0.313 e. The fourth-order valence-corrected chi connectivity index (χ4v) is 4.93. The van der Waals surface area contributed by atoms with E-state index in [1.54, 1.807) is 0 Å². The zero-order valence-corrected chi connectivity index (χ0v) is 16.2. The van der Waals surface area contributed by atoms with Crippen LogP contribution < -0.4 is 5.32 Å². The number of nitrogens with zero attached hydrogens (tertiary/aromatic N) is 1. The summed E-state index contributed by atoms with van der Waals surface area (Å²) in [4.78, 5) is 13.4. The first-order valence-corrected chi connectivity index (χ1v) is 9.87. The van der Waals surface area contributed by atoms with E-state index in [4.69, 9.17) is 0 Å². The van der Waals surface area contributed by atoms with Gasteiger partial charge in [-0.25, -0.2) is 0 Å². The highest BCUT2D eigenvalue weighted by Crippen LogP contribution is 2.50. The summed E-state index contributed by atoms with van der Waals surface area (Å²) >= 11 is 0. The van der Waals surface area contributed by atoms with E-state index < -0.39 is 0 Å². The molecule has 0 atom stereocenters. The molecule has 3 aliphatic rings. The molecule has 0 bridgehead atoms. The second kappa shape index (κ2) is 6.02. The fraction of sp³-hybridized carbons (Fsp3) is 0.280. The van der Waals surface area contributed by atoms with E-state index in [0.29, 0.717) is 5.56 Å². The molecule has 0 amide bonds. The number of carbonyl (C=O) groups is 1. The summed E-state index contributed by atoms with van der Waals surface area (Å²) in [6.45, 7) is 6.36. The average molecular weight is 366 g/mol. The van der Waals surface area contributed by atoms with Gasteiger partial charge in [0, 0.05) is 23.1 Å². The summed E-state index contributed by atoms with van der Waals surface area (Å²) in [7, 11) is 0. The van der Waals surface area contributed by atoms with Crippen molar-refractivity contribution in [3.05, 3.63) is 81.4 Å². The second-order valence-corrected chi connectivity index (χ2v) is 8.41. The minimum atomic E-state index is -0.214. The van der Waals surface area contributed by atoms with Crippen LogP contribution in [0.25, 0.3) is 11.1 Å². The first-order chi connectivity index (χ1) is 13.5. The van der Waals surface area contributed by atoms with Crippen molar-refractivity contribution in [2.75, 3.05) is 13.1 Å². The van der Waals surface area contributed by atoms with Crippen LogP contribution in [0.2, 0.25) is 0 Å². The molecule has 0 radical (unpaired) electrons. The Bertz CT molecular complexity index is 1140. The van der Waals surface area contributed by atoms with Crippen LogP contribution in [-0.4, -0.2) is 18.9 Å². The molecule has 0 unspecified atom stereocenters. The molecule has 0 spiro atoms. The van der Waals surface area contributed by atoms with E-state index in [1.807, 2.05) is 24.3 Å². The highest BCUT2D eigenvalue weighted by Gasteiger charge is 2.42. The molecule has 3 nitrogen and oxygen atoms in total. The van der Waals surface area contributed by atoms with Gasteiger partial charge in [0.2, 0.25) is 0 Å². The Morgan fingerprint density at radius 1 is 1.11 bits per heavy atom. The molecule has 1 N–H and O–H groups in total. The smallest absolute Gasteiger partial charge is 0.193 e. The predicted octanol–water partition coefficient (Wildman–Crippen LogP) is 4.42. The third-order valence-electron chi connectivity index (χ3n) is 6.53. The van der Waals surface area contributed by atoms with Crippen molar-refractivity contribution in [1.82, 2.24) is 5.32 Å². The number of allylic oxidation sites excluding steroid dienone is 2. The van der Waals surface area contributed by atoms with Crippen LogP contribution in [0.1, 0.15) is 58.4 Å². The monoisotopic (exact) mass is 366 g/mol. The first kappa shape index (κ1) is 17.2. The molecule has 2 aliphatic carbocycles. The molecule has 28 heavy (non-hydrogen) atoms. The van der Waals surface area contributed by atoms with Crippen LogP contribution in [0.5, 0.6) is 0 Å². The van der Waals surface area contributed by atoms with Gasteiger partial charge in [0.1, 0.15) is 0 Å². The van der Waals surface area contributed by atoms with Crippen LogP contribution in [0, 0.1) is 11.3 Å². The summed E-state index contributed by atoms with van der Waals surface area (Å²) in [5, 5.41) is 12.6. The van der Waals surface area contributed by atoms with Crippen LogP contribution in [0.3, 0.4) is 0 Å². The number of hydrogen-bond donors (Lipinski definition) is 1. The minimum Gasteiger partial charge on any atom is -0.313 e. The molecule has 138 valence electrons. The number of nitriles is 1. The molecule has 1 heterocycles. The number of ketones is 1. The lowest BCUT2D eigenvalue weighted by molar-refractivity contribution is 0.105. The van der Waals surface area contributed by atoms with Crippen molar-refractivity contribution < 1.29 is 4.79 Å². The molecule has 0 saturated heterocycles. The van der Waals surface area contributed by atoms with Crippen LogP contribution >= 0.6 is 0 Å². The van der Waals surface area contributed by atoms with Gasteiger partial charge in [0.05, 0.1) is 11.6 Å². The minimum absolute atomic E-state index is 0.124. The molecule has 2 aromatic carbocycles. The topological polar surface area (TPSA) is 52.9 Å². The number of rotatable bonds is 1. The van der Waals surface area contributed by atoms with Gasteiger partial charge in [-0.05, 0) is 71.0 Å². The van der Waals surface area contributed by atoms with Crippen molar-refractivity contribution in [3.8, 4) is 6.07 Å². The number of fused-ring (bicyclic) bond motifs is 3. The Balaban J connectivity index is 1.65. The maximum Gasteiger partial charge on any atom is 0.193 e. The van der Waals surface area contributed by atoms with Gasteiger partial charge in [-0.3, -0.25) is 4.79 Å².